The topological polar surface area (TPSA) is 49.3 Å². The van der Waals surface area contributed by atoms with Gasteiger partial charge in [-0.2, -0.15) is 0 Å². The predicted molar refractivity (Wildman–Crippen MR) is 49.6 cm³/mol. The van der Waals surface area contributed by atoms with Crippen LogP contribution in [-0.2, 0) is 4.79 Å². The fourth-order valence-corrected chi connectivity index (χ4v) is 2.77. The number of carboxylic acid groups (broad SMARTS) is 1. The first kappa shape index (κ1) is 9.00. The fourth-order valence-electron chi connectivity index (χ4n) is 2.77. The van der Waals surface area contributed by atoms with E-state index in [2.05, 4.69) is 5.32 Å². The lowest BCUT2D eigenvalue weighted by molar-refractivity contribution is -0.139. The molecule has 0 bridgehead atoms. The van der Waals surface area contributed by atoms with Crippen LogP contribution in [0.4, 0.5) is 0 Å². The van der Waals surface area contributed by atoms with Crippen molar-refractivity contribution in [3.05, 3.63) is 0 Å². The Morgan fingerprint density at radius 3 is 2.54 bits per heavy atom. The first-order valence-electron chi connectivity index (χ1n) is 5.18. The van der Waals surface area contributed by atoms with Crippen LogP contribution in [0.3, 0.4) is 0 Å². The van der Waals surface area contributed by atoms with Gasteiger partial charge < -0.3 is 10.4 Å². The van der Waals surface area contributed by atoms with E-state index in [0.717, 1.165) is 13.0 Å². The summed E-state index contributed by atoms with van der Waals surface area (Å²) >= 11 is 0. The molecule has 0 aromatic rings. The van der Waals surface area contributed by atoms with Crippen LogP contribution >= 0.6 is 0 Å². The molecule has 1 saturated carbocycles. The van der Waals surface area contributed by atoms with Crippen LogP contribution in [0.1, 0.15) is 38.5 Å². The number of aliphatic carboxylic acids is 1. The van der Waals surface area contributed by atoms with Crippen molar-refractivity contribution in [1.29, 1.82) is 0 Å². The highest BCUT2D eigenvalue weighted by molar-refractivity contribution is 5.74. The zero-order valence-corrected chi connectivity index (χ0v) is 7.88. The average molecular weight is 183 g/mol. The maximum Gasteiger partial charge on any atom is 0.320 e. The summed E-state index contributed by atoms with van der Waals surface area (Å²) in [5.41, 5.74) is 0.335. The van der Waals surface area contributed by atoms with Crippen molar-refractivity contribution in [2.24, 2.45) is 5.41 Å². The predicted octanol–water partition coefficient (Wildman–Crippen LogP) is 1.38. The summed E-state index contributed by atoms with van der Waals surface area (Å²) in [6, 6.07) is -0.280. The SMILES string of the molecule is O=C(O)C1CC2(CCCCC2)CN1. The minimum Gasteiger partial charge on any atom is -0.480 e. The lowest BCUT2D eigenvalue weighted by Crippen LogP contribution is -2.30. The van der Waals surface area contributed by atoms with E-state index >= 15 is 0 Å². The highest BCUT2D eigenvalue weighted by atomic mass is 16.4. The van der Waals surface area contributed by atoms with Crippen molar-refractivity contribution < 1.29 is 9.90 Å². The first-order chi connectivity index (χ1) is 6.22. The van der Waals surface area contributed by atoms with Crippen molar-refractivity contribution in [2.75, 3.05) is 6.54 Å². The highest BCUT2D eigenvalue weighted by Crippen LogP contribution is 2.42. The number of hydrogen-bond donors (Lipinski definition) is 2. The second kappa shape index (κ2) is 3.29. The maximum absolute atomic E-state index is 10.8. The fraction of sp³-hybridized carbons (Fsp3) is 0.900. The van der Waals surface area contributed by atoms with Gasteiger partial charge in [-0.1, -0.05) is 19.3 Å². The van der Waals surface area contributed by atoms with Crippen molar-refractivity contribution in [3.8, 4) is 0 Å². The molecule has 0 aromatic carbocycles. The summed E-state index contributed by atoms with van der Waals surface area (Å²) < 4.78 is 0. The second-order valence-electron chi connectivity index (χ2n) is 4.54. The zero-order valence-electron chi connectivity index (χ0n) is 7.88. The van der Waals surface area contributed by atoms with Crippen molar-refractivity contribution in [2.45, 2.75) is 44.6 Å². The summed E-state index contributed by atoms with van der Waals surface area (Å²) in [6.07, 6.45) is 7.21. The molecule has 1 heterocycles. The third-order valence-electron chi connectivity index (χ3n) is 3.57. The number of hydrogen-bond acceptors (Lipinski definition) is 2. The molecular formula is C10H17NO2. The minimum absolute atomic E-state index is 0.280. The summed E-state index contributed by atoms with van der Waals surface area (Å²) in [4.78, 5) is 10.8. The van der Waals surface area contributed by atoms with E-state index in [4.69, 9.17) is 5.11 Å². The molecule has 3 nitrogen and oxygen atoms in total. The molecule has 1 atom stereocenters. The number of carboxylic acids is 1. The van der Waals surface area contributed by atoms with Gasteiger partial charge in [-0.25, -0.2) is 0 Å². The number of carbonyl (C=O) groups is 1. The van der Waals surface area contributed by atoms with E-state index in [-0.39, 0.29) is 6.04 Å². The van der Waals surface area contributed by atoms with Gasteiger partial charge in [0.05, 0.1) is 0 Å². The molecule has 13 heavy (non-hydrogen) atoms. The molecule has 74 valence electrons. The van der Waals surface area contributed by atoms with Gasteiger partial charge in [0.1, 0.15) is 6.04 Å². The van der Waals surface area contributed by atoms with E-state index in [1.54, 1.807) is 0 Å². The Labute approximate surface area is 78.5 Å². The molecular weight excluding hydrogens is 166 g/mol. The Balaban J connectivity index is 1.98. The van der Waals surface area contributed by atoms with Crippen LogP contribution in [0.15, 0.2) is 0 Å². The van der Waals surface area contributed by atoms with Gasteiger partial charge >= 0.3 is 5.97 Å². The highest BCUT2D eigenvalue weighted by Gasteiger charge is 2.41. The molecule has 0 aromatic heterocycles. The van der Waals surface area contributed by atoms with Gasteiger partial charge in [0.15, 0.2) is 0 Å². The molecule has 0 amide bonds. The van der Waals surface area contributed by atoms with Gasteiger partial charge in [-0.05, 0) is 24.7 Å². The Morgan fingerprint density at radius 1 is 1.31 bits per heavy atom. The molecule has 1 aliphatic heterocycles. The summed E-state index contributed by atoms with van der Waals surface area (Å²) in [5.74, 6) is -0.678. The molecule has 0 radical (unpaired) electrons. The molecule has 2 aliphatic rings. The van der Waals surface area contributed by atoms with Crippen LogP contribution in [0.2, 0.25) is 0 Å². The number of rotatable bonds is 1. The Kier molecular flexibility index (Phi) is 2.28. The lowest BCUT2D eigenvalue weighted by atomic mass is 9.73. The quantitative estimate of drug-likeness (QED) is 0.645. The molecule has 1 saturated heterocycles. The molecule has 3 heteroatoms. The van der Waals surface area contributed by atoms with Gasteiger partial charge in [0.2, 0.25) is 0 Å². The van der Waals surface area contributed by atoms with Gasteiger partial charge in [0, 0.05) is 6.54 Å². The normalized spacial score (nSPS) is 32.2. The van der Waals surface area contributed by atoms with Crippen LogP contribution < -0.4 is 5.32 Å². The summed E-state index contributed by atoms with van der Waals surface area (Å²) in [6.45, 7) is 0.921. The van der Waals surface area contributed by atoms with Crippen molar-refractivity contribution >= 4 is 5.97 Å². The van der Waals surface area contributed by atoms with Gasteiger partial charge in [-0.15, -0.1) is 0 Å². The maximum atomic E-state index is 10.8. The Morgan fingerprint density at radius 2 is 2.00 bits per heavy atom. The molecule has 2 N–H and O–H groups in total. The molecule has 1 spiro atoms. The summed E-state index contributed by atoms with van der Waals surface area (Å²) in [7, 11) is 0. The van der Waals surface area contributed by atoms with E-state index < -0.39 is 5.97 Å². The summed E-state index contributed by atoms with van der Waals surface area (Å²) in [5, 5.41) is 12.0. The van der Waals surface area contributed by atoms with Crippen LogP contribution in [0.5, 0.6) is 0 Å². The van der Waals surface area contributed by atoms with Crippen LogP contribution in [-0.4, -0.2) is 23.7 Å². The van der Waals surface area contributed by atoms with E-state index in [1.807, 2.05) is 0 Å². The van der Waals surface area contributed by atoms with E-state index in [0.29, 0.717) is 5.41 Å². The standard InChI is InChI=1S/C10H17NO2/c12-9(13)8-6-10(7-11-8)4-2-1-3-5-10/h8,11H,1-7H2,(H,12,13). The second-order valence-corrected chi connectivity index (χ2v) is 4.54. The van der Waals surface area contributed by atoms with Crippen LogP contribution in [0, 0.1) is 5.41 Å². The van der Waals surface area contributed by atoms with Crippen LogP contribution in [0.25, 0.3) is 0 Å². The molecule has 2 fully saturated rings. The average Bonchev–Trinajstić information content (AvgIpc) is 2.51. The van der Waals surface area contributed by atoms with Crippen molar-refractivity contribution in [3.63, 3.8) is 0 Å². The van der Waals surface area contributed by atoms with E-state index in [9.17, 15) is 4.79 Å². The smallest absolute Gasteiger partial charge is 0.320 e. The third kappa shape index (κ3) is 1.70. The lowest BCUT2D eigenvalue weighted by Gasteiger charge is -2.32. The largest absolute Gasteiger partial charge is 0.480 e. The molecule has 1 aliphatic carbocycles. The molecule has 2 rings (SSSR count). The van der Waals surface area contributed by atoms with Gasteiger partial charge in [0.25, 0.3) is 0 Å². The Bertz CT molecular complexity index is 209. The number of nitrogens with one attached hydrogen (secondary N) is 1. The third-order valence-corrected chi connectivity index (χ3v) is 3.57. The zero-order chi connectivity index (χ0) is 9.31. The van der Waals surface area contributed by atoms with Gasteiger partial charge in [-0.3, -0.25) is 4.79 Å². The monoisotopic (exact) mass is 183 g/mol. The van der Waals surface area contributed by atoms with Crippen molar-refractivity contribution in [1.82, 2.24) is 5.32 Å². The molecule has 1 unspecified atom stereocenters. The minimum atomic E-state index is -0.678. The first-order valence-corrected chi connectivity index (χ1v) is 5.18. The van der Waals surface area contributed by atoms with E-state index in [1.165, 1.54) is 32.1 Å². The Hall–Kier alpha value is -0.570.